The molecule has 5 rings (SSSR count). The molecule has 1 aromatic carbocycles. The SMILES string of the molecule is C=CCn1c(Cc2csc(NC(=O)c3cc4c(C)nn(-c5ccccc5)c4s3)n2)n[nH]c1=S. The van der Waals surface area contributed by atoms with Gasteiger partial charge < -0.3 is 0 Å². The van der Waals surface area contributed by atoms with Gasteiger partial charge in [0.25, 0.3) is 5.91 Å². The number of fused-ring (bicyclic) bond motifs is 1. The predicted molar refractivity (Wildman–Crippen MR) is 134 cm³/mol. The van der Waals surface area contributed by atoms with Crippen LogP contribution in [0.1, 0.15) is 26.9 Å². The Morgan fingerprint density at radius 2 is 2.15 bits per heavy atom. The molecule has 8 nitrogen and oxygen atoms in total. The van der Waals surface area contributed by atoms with E-state index in [9.17, 15) is 4.79 Å². The highest BCUT2D eigenvalue weighted by molar-refractivity contribution is 7.71. The smallest absolute Gasteiger partial charge is 0.267 e. The molecule has 0 aliphatic heterocycles. The number of nitrogens with one attached hydrogen (secondary N) is 2. The molecule has 0 fully saturated rings. The Labute approximate surface area is 202 Å². The number of rotatable bonds is 7. The molecule has 0 spiro atoms. The van der Waals surface area contributed by atoms with Gasteiger partial charge in [-0.05, 0) is 37.3 Å². The molecular formula is C22H19N7OS3. The highest BCUT2D eigenvalue weighted by atomic mass is 32.1. The number of para-hydroxylation sites is 1. The molecule has 33 heavy (non-hydrogen) atoms. The Kier molecular flexibility index (Phi) is 5.75. The Morgan fingerprint density at radius 3 is 2.94 bits per heavy atom. The standard InChI is InChI=1S/C22H19N7OS3/c1-3-9-28-18(25-26-22(28)31)10-14-12-32-21(23-14)24-19(30)17-11-16-13(2)27-29(20(16)33-17)15-7-5-4-6-8-15/h3-8,11-12H,1,9-10H2,2H3,(H,26,31)(H,23,24,30). The van der Waals surface area contributed by atoms with Crippen molar-refractivity contribution < 1.29 is 4.79 Å². The summed E-state index contributed by atoms with van der Waals surface area (Å²) in [7, 11) is 0. The van der Waals surface area contributed by atoms with Crippen molar-refractivity contribution in [1.82, 2.24) is 29.5 Å². The number of carbonyl (C=O) groups excluding carboxylic acids is 1. The minimum atomic E-state index is -0.189. The fourth-order valence-corrected chi connectivity index (χ4v) is 5.48. The number of aromatic nitrogens is 6. The second kappa shape index (κ2) is 8.85. The van der Waals surface area contributed by atoms with Gasteiger partial charge in [-0.25, -0.2) is 9.67 Å². The van der Waals surface area contributed by atoms with Crippen LogP contribution in [0.3, 0.4) is 0 Å². The lowest BCUT2D eigenvalue weighted by Gasteiger charge is -2.02. The van der Waals surface area contributed by atoms with E-state index in [1.54, 1.807) is 6.08 Å². The van der Waals surface area contributed by atoms with Gasteiger partial charge >= 0.3 is 0 Å². The quantitative estimate of drug-likeness (QED) is 0.242. The van der Waals surface area contributed by atoms with E-state index in [0.29, 0.717) is 27.7 Å². The number of amides is 1. The first-order valence-electron chi connectivity index (χ1n) is 10.1. The molecule has 0 bridgehead atoms. The number of benzene rings is 1. The number of aromatic amines is 1. The number of H-pyrrole nitrogens is 1. The van der Waals surface area contributed by atoms with E-state index in [4.69, 9.17) is 12.2 Å². The number of aryl methyl sites for hydroxylation is 1. The van der Waals surface area contributed by atoms with E-state index < -0.39 is 0 Å². The number of nitrogens with zero attached hydrogens (tertiary/aromatic N) is 5. The summed E-state index contributed by atoms with van der Waals surface area (Å²) in [6, 6.07) is 11.8. The zero-order valence-electron chi connectivity index (χ0n) is 17.6. The van der Waals surface area contributed by atoms with Crippen LogP contribution in [-0.4, -0.2) is 35.4 Å². The predicted octanol–water partition coefficient (Wildman–Crippen LogP) is 5.14. The van der Waals surface area contributed by atoms with Crippen LogP contribution in [0, 0.1) is 11.7 Å². The fraction of sp³-hybridized carbons (Fsp3) is 0.136. The number of thiazole rings is 1. The van der Waals surface area contributed by atoms with Gasteiger partial charge in [0.05, 0.1) is 28.4 Å². The molecule has 4 heterocycles. The maximum absolute atomic E-state index is 12.9. The minimum absolute atomic E-state index is 0.189. The number of hydrogen-bond acceptors (Lipinski definition) is 7. The molecule has 11 heteroatoms. The number of allylic oxidation sites excluding steroid dienone is 1. The van der Waals surface area contributed by atoms with E-state index >= 15 is 0 Å². The van der Waals surface area contributed by atoms with Gasteiger partial charge in [0, 0.05) is 17.3 Å². The Bertz CT molecular complexity index is 1520. The molecule has 0 saturated carbocycles. The van der Waals surface area contributed by atoms with E-state index in [1.807, 2.05) is 58.0 Å². The first kappa shape index (κ1) is 21.4. The van der Waals surface area contributed by atoms with Crippen LogP contribution < -0.4 is 5.32 Å². The Balaban J connectivity index is 1.35. The van der Waals surface area contributed by atoms with Gasteiger partial charge in [-0.15, -0.1) is 29.3 Å². The minimum Gasteiger partial charge on any atom is -0.300 e. The van der Waals surface area contributed by atoms with Crippen molar-refractivity contribution >= 4 is 56.1 Å². The molecule has 0 aliphatic rings. The molecule has 0 aliphatic carbocycles. The van der Waals surface area contributed by atoms with Crippen molar-refractivity contribution in [3.05, 3.63) is 81.3 Å². The van der Waals surface area contributed by atoms with Crippen LogP contribution in [0.15, 0.2) is 54.4 Å². The lowest BCUT2D eigenvalue weighted by Crippen LogP contribution is -2.10. The van der Waals surface area contributed by atoms with Crippen LogP contribution in [0.25, 0.3) is 15.9 Å². The van der Waals surface area contributed by atoms with Crippen LogP contribution in [0.5, 0.6) is 0 Å². The average molecular weight is 494 g/mol. The molecule has 0 unspecified atom stereocenters. The van der Waals surface area contributed by atoms with E-state index in [-0.39, 0.29) is 5.91 Å². The third-order valence-corrected chi connectivity index (χ3v) is 7.26. The lowest BCUT2D eigenvalue weighted by molar-refractivity contribution is 0.103. The van der Waals surface area contributed by atoms with Crippen LogP contribution in [0.4, 0.5) is 5.13 Å². The van der Waals surface area contributed by atoms with Crippen molar-refractivity contribution in [3.63, 3.8) is 0 Å². The summed E-state index contributed by atoms with van der Waals surface area (Å²) >= 11 is 8.05. The van der Waals surface area contributed by atoms with E-state index in [2.05, 4.69) is 32.2 Å². The van der Waals surface area contributed by atoms with Gasteiger partial charge in [0.1, 0.15) is 10.7 Å². The van der Waals surface area contributed by atoms with Crippen LogP contribution >= 0.6 is 34.9 Å². The zero-order valence-corrected chi connectivity index (χ0v) is 20.1. The van der Waals surface area contributed by atoms with Crippen LogP contribution in [-0.2, 0) is 13.0 Å². The summed E-state index contributed by atoms with van der Waals surface area (Å²) in [6.07, 6.45) is 2.27. The molecule has 4 aromatic heterocycles. The number of anilines is 1. The first-order valence-corrected chi connectivity index (χ1v) is 12.2. The van der Waals surface area contributed by atoms with Crippen molar-refractivity contribution in [3.8, 4) is 5.69 Å². The number of carbonyl (C=O) groups is 1. The Hall–Kier alpha value is -3.41. The molecule has 5 aromatic rings. The molecule has 1 amide bonds. The maximum Gasteiger partial charge on any atom is 0.267 e. The van der Waals surface area contributed by atoms with Gasteiger partial charge in [0.2, 0.25) is 0 Å². The molecule has 0 radical (unpaired) electrons. The van der Waals surface area contributed by atoms with E-state index in [1.165, 1.54) is 22.7 Å². The molecular weight excluding hydrogens is 474 g/mol. The van der Waals surface area contributed by atoms with Crippen molar-refractivity contribution in [1.29, 1.82) is 0 Å². The molecule has 166 valence electrons. The highest BCUT2D eigenvalue weighted by Gasteiger charge is 2.18. The summed E-state index contributed by atoms with van der Waals surface area (Å²) in [5.41, 5.74) is 2.65. The first-order chi connectivity index (χ1) is 16.0. The summed E-state index contributed by atoms with van der Waals surface area (Å²) in [5, 5.41) is 18.0. The highest BCUT2D eigenvalue weighted by Crippen LogP contribution is 2.31. The summed E-state index contributed by atoms with van der Waals surface area (Å²) < 4.78 is 4.29. The third kappa shape index (κ3) is 4.17. The third-order valence-electron chi connectivity index (χ3n) is 5.03. The van der Waals surface area contributed by atoms with Crippen molar-refractivity contribution in [2.24, 2.45) is 0 Å². The topological polar surface area (TPSA) is 93.4 Å². The van der Waals surface area contributed by atoms with Gasteiger partial charge in [-0.1, -0.05) is 24.3 Å². The van der Waals surface area contributed by atoms with Crippen molar-refractivity contribution in [2.45, 2.75) is 19.9 Å². The van der Waals surface area contributed by atoms with Gasteiger partial charge in [0.15, 0.2) is 9.90 Å². The maximum atomic E-state index is 12.9. The average Bonchev–Trinajstić information content (AvgIpc) is 3.58. The number of hydrogen-bond donors (Lipinski definition) is 2. The van der Waals surface area contributed by atoms with E-state index in [0.717, 1.165) is 33.1 Å². The summed E-state index contributed by atoms with van der Waals surface area (Å²) in [5.74, 6) is 0.582. The lowest BCUT2D eigenvalue weighted by atomic mass is 10.3. The fourth-order valence-electron chi connectivity index (χ4n) is 3.47. The van der Waals surface area contributed by atoms with Gasteiger partial charge in [-0.2, -0.15) is 10.2 Å². The molecule has 2 N–H and O–H groups in total. The molecule has 0 atom stereocenters. The Morgan fingerprint density at radius 1 is 1.33 bits per heavy atom. The number of thiophene rings is 1. The largest absolute Gasteiger partial charge is 0.300 e. The zero-order chi connectivity index (χ0) is 22.9. The second-order valence-corrected chi connectivity index (χ2v) is 9.56. The van der Waals surface area contributed by atoms with Crippen molar-refractivity contribution in [2.75, 3.05) is 5.32 Å². The van der Waals surface area contributed by atoms with Gasteiger partial charge in [-0.3, -0.25) is 19.8 Å². The normalized spacial score (nSPS) is 11.2. The summed E-state index contributed by atoms with van der Waals surface area (Å²) in [6.45, 7) is 6.28. The molecule has 0 saturated heterocycles. The monoisotopic (exact) mass is 493 g/mol. The summed E-state index contributed by atoms with van der Waals surface area (Å²) in [4.78, 5) is 19.0. The van der Waals surface area contributed by atoms with Crippen LogP contribution in [0.2, 0.25) is 0 Å². The second-order valence-electron chi connectivity index (χ2n) is 7.28.